The third-order valence-corrected chi connectivity index (χ3v) is 6.41. The fourth-order valence-electron chi connectivity index (χ4n) is 4.61. The van der Waals surface area contributed by atoms with Gasteiger partial charge in [-0.2, -0.15) is 0 Å². The van der Waals surface area contributed by atoms with Gasteiger partial charge in [-0.05, 0) is 76.3 Å². The zero-order valence-electron chi connectivity index (χ0n) is 21.0. The Morgan fingerprint density at radius 2 is 1.66 bits per heavy atom. The van der Waals surface area contributed by atoms with Crippen molar-refractivity contribution in [1.82, 2.24) is 14.9 Å². The van der Waals surface area contributed by atoms with Gasteiger partial charge in [0.05, 0.1) is 19.1 Å². The highest BCUT2D eigenvalue weighted by atomic mass is 16.6. The van der Waals surface area contributed by atoms with E-state index < -0.39 is 23.7 Å². The summed E-state index contributed by atoms with van der Waals surface area (Å²) in [6.07, 6.45) is 5.32. The molecule has 0 unspecified atom stereocenters. The molecule has 188 valence electrons. The van der Waals surface area contributed by atoms with Gasteiger partial charge in [0.25, 0.3) is 0 Å². The summed E-state index contributed by atoms with van der Waals surface area (Å²) in [6.45, 7) is 5.41. The lowest BCUT2D eigenvalue weighted by atomic mass is 9.88. The summed E-state index contributed by atoms with van der Waals surface area (Å²) in [7, 11) is 3.12. The molecular weight excluding hydrogens is 448 g/mol. The van der Waals surface area contributed by atoms with Crippen molar-refractivity contribution in [2.24, 2.45) is 24.8 Å². The second kappa shape index (κ2) is 9.71. The van der Waals surface area contributed by atoms with Crippen molar-refractivity contribution < 1.29 is 23.9 Å². The van der Waals surface area contributed by atoms with Crippen LogP contribution in [0.25, 0.3) is 11.3 Å². The molecule has 2 aliphatic rings. The quantitative estimate of drug-likeness (QED) is 0.547. The van der Waals surface area contributed by atoms with Gasteiger partial charge in [0.1, 0.15) is 11.6 Å². The van der Waals surface area contributed by atoms with E-state index in [1.807, 2.05) is 12.1 Å². The predicted molar refractivity (Wildman–Crippen MR) is 131 cm³/mol. The van der Waals surface area contributed by atoms with E-state index in [1.165, 1.54) is 7.11 Å². The first-order chi connectivity index (χ1) is 16.6. The maximum absolute atomic E-state index is 13.4. The van der Waals surface area contributed by atoms with Crippen LogP contribution in [0.2, 0.25) is 0 Å². The SMILES string of the molecule is COC(=O)c1ncn(C)c1-c1ccc(NC(=O)[C@@H](NC(=O)OC(C)(C)C)C(C2CC2)C2CC2)cc1. The molecule has 0 spiro atoms. The van der Waals surface area contributed by atoms with E-state index >= 15 is 0 Å². The number of aryl methyl sites for hydroxylation is 1. The van der Waals surface area contributed by atoms with Crippen LogP contribution >= 0.6 is 0 Å². The van der Waals surface area contributed by atoms with E-state index in [0.29, 0.717) is 23.2 Å². The molecule has 1 aromatic heterocycles. The molecule has 1 aromatic carbocycles. The molecule has 2 amide bonds. The van der Waals surface area contributed by atoms with Crippen LogP contribution in [0.15, 0.2) is 30.6 Å². The standard InChI is InChI=1S/C26H34N4O5/c1-26(2,3)35-25(33)29-20(19(15-6-7-15)16-8-9-16)23(31)28-18-12-10-17(11-13-18)22-21(24(32)34-5)27-14-30(22)4/h10-16,19-20H,6-9H2,1-5H3,(H,28,31)(H,29,33)/t20-/m0/s1. The summed E-state index contributed by atoms with van der Waals surface area (Å²) in [5, 5.41) is 5.84. The maximum atomic E-state index is 13.4. The third-order valence-electron chi connectivity index (χ3n) is 6.41. The molecule has 35 heavy (non-hydrogen) atoms. The van der Waals surface area contributed by atoms with Crippen LogP contribution in [-0.4, -0.2) is 46.3 Å². The Kier molecular flexibility index (Phi) is 6.87. The van der Waals surface area contributed by atoms with Crippen LogP contribution in [0.4, 0.5) is 10.5 Å². The molecule has 2 N–H and O–H groups in total. The minimum Gasteiger partial charge on any atom is -0.464 e. The summed E-state index contributed by atoms with van der Waals surface area (Å²) < 4.78 is 12.0. The highest BCUT2D eigenvalue weighted by molar-refractivity contribution is 5.97. The third kappa shape index (κ3) is 6.01. The summed E-state index contributed by atoms with van der Waals surface area (Å²) >= 11 is 0. The summed E-state index contributed by atoms with van der Waals surface area (Å²) in [6, 6.07) is 6.51. The number of anilines is 1. The van der Waals surface area contributed by atoms with E-state index in [1.54, 1.807) is 50.8 Å². The minimum absolute atomic E-state index is 0.110. The van der Waals surface area contributed by atoms with E-state index in [-0.39, 0.29) is 17.5 Å². The van der Waals surface area contributed by atoms with Crippen molar-refractivity contribution in [2.45, 2.75) is 58.1 Å². The number of esters is 1. The number of carbonyl (C=O) groups excluding carboxylic acids is 3. The van der Waals surface area contributed by atoms with Gasteiger partial charge < -0.3 is 24.7 Å². The Morgan fingerprint density at radius 1 is 1.06 bits per heavy atom. The first-order valence-corrected chi connectivity index (χ1v) is 12.1. The van der Waals surface area contributed by atoms with Crippen molar-refractivity contribution in [3.8, 4) is 11.3 Å². The first kappa shape index (κ1) is 24.8. The average Bonchev–Trinajstić information content (AvgIpc) is 3.72. The van der Waals surface area contributed by atoms with Crippen LogP contribution in [-0.2, 0) is 21.3 Å². The number of carbonyl (C=O) groups is 3. The molecular formula is C26H34N4O5. The molecule has 0 saturated heterocycles. The minimum atomic E-state index is -0.660. The number of imidazole rings is 1. The largest absolute Gasteiger partial charge is 0.464 e. The van der Waals surface area contributed by atoms with Crippen molar-refractivity contribution in [3.63, 3.8) is 0 Å². The molecule has 2 fully saturated rings. The molecule has 9 heteroatoms. The summed E-state index contributed by atoms with van der Waals surface area (Å²) in [5.41, 5.74) is 1.57. The number of hydrogen-bond donors (Lipinski definition) is 2. The highest BCUT2D eigenvalue weighted by Gasteiger charge is 2.48. The van der Waals surface area contributed by atoms with E-state index in [4.69, 9.17) is 9.47 Å². The molecule has 1 atom stereocenters. The van der Waals surface area contributed by atoms with Crippen LogP contribution in [0, 0.1) is 17.8 Å². The van der Waals surface area contributed by atoms with Gasteiger partial charge in [-0.25, -0.2) is 14.6 Å². The van der Waals surface area contributed by atoms with Crippen molar-refractivity contribution in [3.05, 3.63) is 36.3 Å². The zero-order valence-corrected chi connectivity index (χ0v) is 21.0. The molecule has 2 aromatic rings. The van der Waals surface area contributed by atoms with Gasteiger partial charge in [0.15, 0.2) is 5.69 Å². The lowest BCUT2D eigenvalue weighted by molar-refractivity contribution is -0.120. The van der Waals surface area contributed by atoms with Gasteiger partial charge in [-0.15, -0.1) is 0 Å². The molecule has 2 aliphatic carbocycles. The second-order valence-corrected chi connectivity index (χ2v) is 10.5. The fraction of sp³-hybridized carbons (Fsp3) is 0.538. The molecule has 0 radical (unpaired) electrons. The fourth-order valence-corrected chi connectivity index (χ4v) is 4.61. The highest BCUT2D eigenvalue weighted by Crippen LogP contribution is 2.51. The second-order valence-electron chi connectivity index (χ2n) is 10.5. The number of hydrogen-bond acceptors (Lipinski definition) is 6. The number of amides is 2. The lowest BCUT2D eigenvalue weighted by Gasteiger charge is -2.29. The smallest absolute Gasteiger partial charge is 0.408 e. The van der Waals surface area contributed by atoms with Crippen LogP contribution in [0.3, 0.4) is 0 Å². The van der Waals surface area contributed by atoms with E-state index in [0.717, 1.165) is 31.2 Å². The van der Waals surface area contributed by atoms with Gasteiger partial charge in [0.2, 0.25) is 5.91 Å². The topological polar surface area (TPSA) is 112 Å². The molecule has 0 aliphatic heterocycles. The Labute approximate surface area is 205 Å². The Bertz CT molecular complexity index is 1080. The number of benzene rings is 1. The lowest BCUT2D eigenvalue weighted by Crippen LogP contribution is -2.51. The summed E-state index contributed by atoms with van der Waals surface area (Å²) in [5.74, 6) is 0.261. The molecule has 1 heterocycles. The molecule has 9 nitrogen and oxygen atoms in total. The zero-order chi connectivity index (χ0) is 25.3. The van der Waals surface area contributed by atoms with Gasteiger partial charge in [0, 0.05) is 18.3 Å². The van der Waals surface area contributed by atoms with Crippen molar-refractivity contribution >= 4 is 23.7 Å². The number of methoxy groups -OCH3 is 1. The number of rotatable bonds is 8. The molecule has 0 bridgehead atoms. The Hall–Kier alpha value is -3.36. The first-order valence-electron chi connectivity index (χ1n) is 12.1. The van der Waals surface area contributed by atoms with Crippen LogP contribution in [0.1, 0.15) is 56.9 Å². The average molecular weight is 483 g/mol. The van der Waals surface area contributed by atoms with E-state index in [9.17, 15) is 14.4 Å². The number of nitrogens with zero attached hydrogens (tertiary/aromatic N) is 2. The van der Waals surface area contributed by atoms with Gasteiger partial charge in [-0.3, -0.25) is 4.79 Å². The molecule has 2 saturated carbocycles. The van der Waals surface area contributed by atoms with Gasteiger partial charge >= 0.3 is 12.1 Å². The van der Waals surface area contributed by atoms with Gasteiger partial charge in [-0.1, -0.05) is 12.1 Å². The normalized spacial score (nSPS) is 16.5. The molecule has 4 rings (SSSR count). The number of alkyl carbamates (subject to hydrolysis) is 1. The Balaban J connectivity index is 1.51. The van der Waals surface area contributed by atoms with Crippen LogP contribution in [0.5, 0.6) is 0 Å². The number of nitrogens with one attached hydrogen (secondary N) is 2. The Morgan fingerprint density at radius 3 is 2.17 bits per heavy atom. The van der Waals surface area contributed by atoms with E-state index in [2.05, 4.69) is 15.6 Å². The summed E-state index contributed by atoms with van der Waals surface area (Å²) in [4.78, 5) is 42.2. The number of aromatic nitrogens is 2. The predicted octanol–water partition coefficient (Wildman–Crippen LogP) is 4.14. The number of ether oxygens (including phenoxy) is 2. The maximum Gasteiger partial charge on any atom is 0.408 e. The monoisotopic (exact) mass is 482 g/mol. The van der Waals surface area contributed by atoms with Crippen LogP contribution < -0.4 is 10.6 Å². The van der Waals surface area contributed by atoms with Crippen molar-refractivity contribution in [2.75, 3.05) is 12.4 Å². The van der Waals surface area contributed by atoms with Crippen molar-refractivity contribution in [1.29, 1.82) is 0 Å².